The van der Waals surface area contributed by atoms with Gasteiger partial charge in [0.2, 0.25) is 11.8 Å². The van der Waals surface area contributed by atoms with E-state index in [-0.39, 0.29) is 19.4 Å². The summed E-state index contributed by atoms with van der Waals surface area (Å²) < 4.78 is 5.98. The van der Waals surface area contributed by atoms with Gasteiger partial charge in [-0.3, -0.25) is 14.4 Å². The number of tetrazole rings is 1. The number of anilines is 2. The van der Waals surface area contributed by atoms with E-state index in [0.717, 1.165) is 5.56 Å². The normalized spacial score (nSPS) is 11.4. The van der Waals surface area contributed by atoms with Gasteiger partial charge in [-0.1, -0.05) is 41.9 Å². The van der Waals surface area contributed by atoms with E-state index in [1.807, 2.05) is 30.3 Å². The predicted molar refractivity (Wildman–Crippen MR) is 164 cm³/mol. The molecular formula is C30H29ClN8O5. The molecule has 4 amide bonds. The fourth-order valence-electron chi connectivity index (χ4n) is 4.01. The van der Waals surface area contributed by atoms with E-state index in [2.05, 4.69) is 41.5 Å². The van der Waals surface area contributed by atoms with Crippen molar-refractivity contribution in [1.29, 1.82) is 0 Å². The van der Waals surface area contributed by atoms with E-state index in [9.17, 15) is 19.2 Å². The first-order valence-corrected chi connectivity index (χ1v) is 13.8. The molecule has 13 nitrogen and oxygen atoms in total. The van der Waals surface area contributed by atoms with Gasteiger partial charge in [0.15, 0.2) is 0 Å². The average molecular weight is 617 g/mol. The largest absolute Gasteiger partial charge is 0.469 e. The Kier molecular flexibility index (Phi) is 11.1. The highest BCUT2D eigenvalue weighted by Crippen LogP contribution is 2.20. The highest BCUT2D eigenvalue weighted by Gasteiger charge is 2.21. The zero-order valence-corrected chi connectivity index (χ0v) is 24.3. The molecule has 1 heterocycles. The Bertz CT molecular complexity index is 1610. The summed E-state index contributed by atoms with van der Waals surface area (Å²) in [7, 11) is 1.27. The van der Waals surface area contributed by atoms with Crippen molar-refractivity contribution in [2.45, 2.75) is 18.9 Å². The van der Waals surface area contributed by atoms with Gasteiger partial charge in [-0.25, -0.2) is 4.79 Å². The summed E-state index contributed by atoms with van der Waals surface area (Å²) in [6.45, 7) is 0.121. The number of urea groups is 1. The predicted octanol–water partition coefficient (Wildman–Crippen LogP) is 3.38. The molecule has 0 aliphatic carbocycles. The number of nitrogens with zero attached hydrogens (tertiary/aromatic N) is 4. The lowest BCUT2D eigenvalue weighted by molar-refractivity contribution is -0.140. The maximum Gasteiger partial charge on any atom is 0.319 e. The number of hydrogen-bond acceptors (Lipinski definition) is 8. The van der Waals surface area contributed by atoms with Crippen molar-refractivity contribution in [1.82, 2.24) is 30.8 Å². The molecular weight excluding hydrogens is 588 g/mol. The summed E-state index contributed by atoms with van der Waals surface area (Å²) in [5, 5.41) is 22.4. The molecule has 0 saturated carbocycles. The van der Waals surface area contributed by atoms with Crippen molar-refractivity contribution >= 4 is 52.9 Å². The van der Waals surface area contributed by atoms with E-state index < -0.39 is 29.9 Å². The number of aromatic nitrogens is 4. The summed E-state index contributed by atoms with van der Waals surface area (Å²) in [4.78, 5) is 49.6. The third-order valence-corrected chi connectivity index (χ3v) is 6.40. The van der Waals surface area contributed by atoms with Crippen LogP contribution in [0.5, 0.6) is 0 Å². The minimum absolute atomic E-state index is 0.0493. The topological polar surface area (TPSA) is 169 Å². The second kappa shape index (κ2) is 15.6. The van der Waals surface area contributed by atoms with Crippen LogP contribution in [-0.4, -0.2) is 63.7 Å². The second-order valence-electron chi connectivity index (χ2n) is 9.32. The molecule has 0 unspecified atom stereocenters. The summed E-state index contributed by atoms with van der Waals surface area (Å²) in [5.41, 5.74) is 2.98. The zero-order chi connectivity index (χ0) is 31.3. The molecule has 0 radical (unpaired) electrons. The standard InChI is InChI=1S/C30H29ClN8O5/c1-44-28(41)15-16-32-30(43)35-24-11-9-23(10-12-24)34-29(42)25(17-20-5-3-2-4-6-20)36-27(40)14-7-21-18-22(31)8-13-26(21)39-19-33-37-38-39/h2-14,18-19,25H,15-17H2,1H3,(H,34,42)(H,36,40)(H2,32,35,43)/b14-7+/t25-/m0/s1. The van der Waals surface area contributed by atoms with Crippen LogP contribution >= 0.6 is 11.6 Å². The number of carbonyl (C=O) groups excluding carboxylic acids is 4. The van der Waals surface area contributed by atoms with Crippen molar-refractivity contribution in [3.63, 3.8) is 0 Å². The van der Waals surface area contributed by atoms with E-state index in [1.165, 1.54) is 24.2 Å². The molecule has 4 N–H and O–H groups in total. The van der Waals surface area contributed by atoms with E-state index in [4.69, 9.17) is 11.6 Å². The SMILES string of the molecule is COC(=O)CCNC(=O)Nc1ccc(NC(=O)[C@H](Cc2ccccc2)NC(=O)/C=C/c2cc(Cl)ccc2-n2cnnn2)cc1. The van der Waals surface area contributed by atoms with Crippen molar-refractivity contribution in [2.24, 2.45) is 0 Å². The van der Waals surface area contributed by atoms with Crippen LogP contribution in [0.2, 0.25) is 5.02 Å². The molecule has 14 heteroatoms. The molecule has 4 aromatic rings. The molecule has 3 aromatic carbocycles. The Hall–Kier alpha value is -5.56. The van der Waals surface area contributed by atoms with Crippen LogP contribution < -0.4 is 21.3 Å². The fourth-order valence-corrected chi connectivity index (χ4v) is 4.19. The highest BCUT2D eigenvalue weighted by molar-refractivity contribution is 6.30. The molecule has 0 bridgehead atoms. The molecule has 0 aliphatic rings. The Morgan fingerprint density at radius 1 is 0.977 bits per heavy atom. The number of halogens is 1. The van der Waals surface area contributed by atoms with Gasteiger partial charge >= 0.3 is 12.0 Å². The molecule has 0 fully saturated rings. The molecule has 44 heavy (non-hydrogen) atoms. The van der Waals surface area contributed by atoms with Gasteiger partial charge in [0.25, 0.3) is 0 Å². The average Bonchev–Trinajstić information content (AvgIpc) is 3.56. The molecule has 0 spiro atoms. The maximum atomic E-state index is 13.3. The number of amides is 4. The highest BCUT2D eigenvalue weighted by atomic mass is 35.5. The van der Waals surface area contributed by atoms with Gasteiger partial charge in [0.1, 0.15) is 12.4 Å². The molecule has 226 valence electrons. The number of hydrogen-bond donors (Lipinski definition) is 4. The molecule has 0 saturated heterocycles. The maximum absolute atomic E-state index is 13.3. The van der Waals surface area contributed by atoms with Crippen LogP contribution in [0.4, 0.5) is 16.2 Å². The number of carbonyl (C=O) groups is 4. The molecule has 1 aromatic heterocycles. The van der Waals surface area contributed by atoms with Crippen LogP contribution in [0, 0.1) is 0 Å². The summed E-state index contributed by atoms with van der Waals surface area (Å²) >= 11 is 6.17. The Balaban J connectivity index is 1.41. The Morgan fingerprint density at radius 3 is 2.39 bits per heavy atom. The summed E-state index contributed by atoms with van der Waals surface area (Å²) in [6.07, 6.45) is 4.58. The van der Waals surface area contributed by atoms with Crippen LogP contribution in [0.3, 0.4) is 0 Å². The quantitative estimate of drug-likeness (QED) is 0.139. The van der Waals surface area contributed by atoms with Crippen molar-refractivity contribution < 1.29 is 23.9 Å². The first-order chi connectivity index (χ1) is 21.3. The first kappa shape index (κ1) is 31.4. The van der Waals surface area contributed by atoms with Gasteiger partial charge < -0.3 is 26.0 Å². The second-order valence-corrected chi connectivity index (χ2v) is 9.75. The van der Waals surface area contributed by atoms with Gasteiger partial charge in [0, 0.05) is 41.0 Å². The molecule has 0 aliphatic heterocycles. The van der Waals surface area contributed by atoms with Crippen molar-refractivity contribution in [3.05, 3.63) is 101 Å². The third-order valence-electron chi connectivity index (χ3n) is 6.17. The lowest BCUT2D eigenvalue weighted by atomic mass is 10.0. The first-order valence-electron chi connectivity index (χ1n) is 13.4. The Labute approximate surface area is 257 Å². The fraction of sp³-hybridized carbons (Fsp3) is 0.167. The van der Waals surface area contributed by atoms with Gasteiger partial charge in [-0.05, 0) is 64.5 Å². The minimum atomic E-state index is -0.911. The zero-order valence-electron chi connectivity index (χ0n) is 23.6. The number of benzene rings is 3. The lowest BCUT2D eigenvalue weighted by Crippen LogP contribution is -2.44. The third kappa shape index (κ3) is 9.49. The molecule has 1 atom stereocenters. The van der Waals surface area contributed by atoms with E-state index in [0.29, 0.717) is 27.6 Å². The van der Waals surface area contributed by atoms with Crippen LogP contribution in [0.15, 0.2) is 85.2 Å². The van der Waals surface area contributed by atoms with Gasteiger partial charge in [0.05, 0.1) is 19.2 Å². The van der Waals surface area contributed by atoms with E-state index >= 15 is 0 Å². The summed E-state index contributed by atoms with van der Waals surface area (Å²) in [6, 6.07) is 19.4. The number of rotatable bonds is 12. The minimum Gasteiger partial charge on any atom is -0.469 e. The monoisotopic (exact) mass is 616 g/mol. The number of methoxy groups -OCH3 is 1. The lowest BCUT2D eigenvalue weighted by Gasteiger charge is -2.18. The van der Waals surface area contributed by atoms with Crippen molar-refractivity contribution in [2.75, 3.05) is 24.3 Å². The van der Waals surface area contributed by atoms with E-state index in [1.54, 1.807) is 48.5 Å². The van der Waals surface area contributed by atoms with Gasteiger partial charge in [-0.15, -0.1) is 5.10 Å². The Morgan fingerprint density at radius 2 is 1.70 bits per heavy atom. The number of ether oxygens (including phenoxy) is 1. The summed E-state index contributed by atoms with van der Waals surface area (Å²) in [5.74, 6) is -1.37. The smallest absolute Gasteiger partial charge is 0.319 e. The van der Waals surface area contributed by atoms with Crippen LogP contribution in [-0.2, 0) is 25.5 Å². The van der Waals surface area contributed by atoms with Crippen molar-refractivity contribution in [3.8, 4) is 5.69 Å². The number of esters is 1. The number of nitrogens with one attached hydrogen (secondary N) is 4. The van der Waals surface area contributed by atoms with Crippen LogP contribution in [0.1, 0.15) is 17.5 Å². The molecule has 4 rings (SSSR count). The van der Waals surface area contributed by atoms with Crippen LogP contribution in [0.25, 0.3) is 11.8 Å². The van der Waals surface area contributed by atoms with Gasteiger partial charge in [-0.2, -0.15) is 4.68 Å².